The topological polar surface area (TPSA) is 89.9 Å². The minimum absolute atomic E-state index is 0.130. The number of carbonyl (C=O) groups is 2. The predicted octanol–water partition coefficient (Wildman–Crippen LogP) is 1.77. The molecule has 31 heavy (non-hydrogen) atoms. The van der Waals surface area contributed by atoms with Gasteiger partial charge >= 0.3 is 0 Å². The highest BCUT2D eigenvalue weighted by atomic mass is 16.5. The largest absolute Gasteiger partial charge is 0.493 e. The Bertz CT molecular complexity index is 1030. The summed E-state index contributed by atoms with van der Waals surface area (Å²) >= 11 is 0. The van der Waals surface area contributed by atoms with Crippen LogP contribution in [0.25, 0.3) is 0 Å². The molecule has 8 heteroatoms. The highest BCUT2D eigenvalue weighted by molar-refractivity contribution is 5.98. The van der Waals surface area contributed by atoms with Gasteiger partial charge in [0.15, 0.2) is 11.5 Å². The van der Waals surface area contributed by atoms with Crippen molar-refractivity contribution in [2.45, 2.75) is 38.8 Å². The summed E-state index contributed by atoms with van der Waals surface area (Å²) in [7, 11) is 4.71. The number of nitrogens with zero attached hydrogens (tertiary/aromatic N) is 2. The van der Waals surface area contributed by atoms with Crippen LogP contribution in [0.4, 0.5) is 0 Å². The second-order valence-corrected chi connectivity index (χ2v) is 7.58. The fourth-order valence-corrected chi connectivity index (χ4v) is 3.98. The smallest absolute Gasteiger partial charge is 0.263 e. The van der Waals surface area contributed by atoms with Crippen LogP contribution in [-0.4, -0.2) is 55.1 Å². The first-order valence-electron chi connectivity index (χ1n) is 10.3. The predicted molar refractivity (Wildman–Crippen MR) is 117 cm³/mol. The number of amides is 2. The van der Waals surface area contributed by atoms with Gasteiger partial charge in [-0.25, -0.2) is 0 Å². The zero-order chi connectivity index (χ0) is 22.5. The van der Waals surface area contributed by atoms with Crippen molar-refractivity contribution in [1.29, 1.82) is 0 Å². The molecular weight excluding hydrogens is 398 g/mol. The number of likely N-dealkylation sites (tertiary alicyclic amines) is 1. The summed E-state index contributed by atoms with van der Waals surface area (Å²) in [5, 5.41) is 2.60. The van der Waals surface area contributed by atoms with E-state index < -0.39 is 6.04 Å². The zero-order valence-electron chi connectivity index (χ0n) is 18.4. The van der Waals surface area contributed by atoms with Gasteiger partial charge in [0.05, 0.1) is 14.2 Å². The first kappa shape index (κ1) is 22.4. The average molecular weight is 428 g/mol. The number of carbonyl (C=O) groups excluding carboxylic acids is 2. The van der Waals surface area contributed by atoms with Crippen LogP contribution in [0.3, 0.4) is 0 Å². The molecule has 1 N–H and O–H groups in total. The molecule has 166 valence electrons. The van der Waals surface area contributed by atoms with E-state index in [9.17, 15) is 14.4 Å². The molecule has 8 nitrogen and oxygen atoms in total. The molecule has 0 unspecified atom stereocenters. The molecule has 0 radical (unpaired) electrons. The summed E-state index contributed by atoms with van der Waals surface area (Å²) in [6.45, 7) is 2.63. The fraction of sp³-hybridized carbons (Fsp3) is 0.435. The molecule has 0 spiro atoms. The third-order valence-electron chi connectivity index (χ3n) is 5.74. The van der Waals surface area contributed by atoms with Crippen molar-refractivity contribution in [1.82, 2.24) is 14.8 Å². The van der Waals surface area contributed by atoms with Crippen molar-refractivity contribution >= 4 is 11.8 Å². The number of ether oxygens (including phenoxy) is 2. The number of nitrogens with one attached hydrogen (secondary N) is 1. The van der Waals surface area contributed by atoms with Crippen molar-refractivity contribution < 1.29 is 19.1 Å². The number of aryl methyl sites for hydroxylation is 3. The molecule has 1 saturated heterocycles. The summed E-state index contributed by atoms with van der Waals surface area (Å²) in [6.07, 6.45) is 3.63. The number of hydrogen-bond acceptors (Lipinski definition) is 5. The zero-order valence-corrected chi connectivity index (χ0v) is 18.4. The van der Waals surface area contributed by atoms with E-state index >= 15 is 0 Å². The lowest BCUT2D eigenvalue weighted by Gasteiger charge is -2.24. The molecule has 1 fully saturated rings. The Morgan fingerprint density at radius 2 is 1.90 bits per heavy atom. The van der Waals surface area contributed by atoms with Crippen LogP contribution in [0.1, 0.15) is 34.3 Å². The minimum atomic E-state index is -0.531. The molecule has 2 aromatic rings. The Kier molecular flexibility index (Phi) is 6.99. The number of methoxy groups -OCH3 is 2. The third-order valence-corrected chi connectivity index (χ3v) is 5.74. The van der Waals surface area contributed by atoms with E-state index in [4.69, 9.17) is 9.47 Å². The monoisotopic (exact) mass is 427 g/mol. The van der Waals surface area contributed by atoms with Gasteiger partial charge < -0.3 is 24.3 Å². The SMILES string of the molecule is CNC(=O)[C@H]1CCCN1C(=O)c1c(C)ccn(CCc2ccc(OC)c(OC)c2)c1=O. The Morgan fingerprint density at radius 1 is 1.16 bits per heavy atom. The lowest BCUT2D eigenvalue weighted by Crippen LogP contribution is -2.46. The molecule has 0 aliphatic carbocycles. The number of rotatable bonds is 7. The second kappa shape index (κ2) is 9.68. The van der Waals surface area contributed by atoms with Gasteiger partial charge in [-0.1, -0.05) is 6.07 Å². The summed E-state index contributed by atoms with van der Waals surface area (Å²) < 4.78 is 12.1. The van der Waals surface area contributed by atoms with E-state index in [1.54, 1.807) is 45.0 Å². The van der Waals surface area contributed by atoms with Gasteiger partial charge in [0.2, 0.25) is 5.91 Å². The van der Waals surface area contributed by atoms with Crippen LogP contribution >= 0.6 is 0 Å². The number of likely N-dealkylation sites (N-methyl/N-ethyl adjacent to an activating group) is 1. The number of aromatic nitrogens is 1. The van der Waals surface area contributed by atoms with Crippen LogP contribution in [0.2, 0.25) is 0 Å². The first-order chi connectivity index (χ1) is 14.9. The van der Waals surface area contributed by atoms with Gasteiger partial charge in [-0.2, -0.15) is 0 Å². The third kappa shape index (κ3) is 4.57. The van der Waals surface area contributed by atoms with E-state index in [-0.39, 0.29) is 22.9 Å². The minimum Gasteiger partial charge on any atom is -0.493 e. The van der Waals surface area contributed by atoms with E-state index in [0.29, 0.717) is 43.0 Å². The van der Waals surface area contributed by atoms with E-state index in [1.807, 2.05) is 18.2 Å². The van der Waals surface area contributed by atoms with Crippen LogP contribution in [0.15, 0.2) is 35.3 Å². The number of benzene rings is 1. The summed E-state index contributed by atoms with van der Waals surface area (Å²) in [6, 6.07) is 6.87. The summed E-state index contributed by atoms with van der Waals surface area (Å²) in [5.74, 6) is 0.687. The number of hydrogen-bond donors (Lipinski definition) is 1. The Balaban J connectivity index is 1.83. The molecule has 0 bridgehead atoms. The highest BCUT2D eigenvalue weighted by Crippen LogP contribution is 2.27. The van der Waals surface area contributed by atoms with Gasteiger partial charge in [-0.05, 0) is 55.5 Å². The second-order valence-electron chi connectivity index (χ2n) is 7.58. The Labute approximate surface area is 181 Å². The number of pyridine rings is 1. The van der Waals surface area contributed by atoms with Crippen LogP contribution in [0, 0.1) is 6.92 Å². The lowest BCUT2D eigenvalue weighted by molar-refractivity contribution is -0.124. The molecule has 1 aliphatic rings. The van der Waals surface area contributed by atoms with Crippen LogP contribution in [0.5, 0.6) is 11.5 Å². The molecule has 2 heterocycles. The standard InChI is InChI=1S/C23H29N3O5/c1-15-9-12-25(13-10-16-7-8-18(30-3)19(14-16)31-4)22(28)20(15)23(29)26-11-5-6-17(26)21(27)24-2/h7-9,12,14,17H,5-6,10-11,13H2,1-4H3,(H,24,27)/t17-/m1/s1. The van der Waals surface area contributed by atoms with Gasteiger partial charge in [0.25, 0.3) is 11.5 Å². The van der Waals surface area contributed by atoms with Gasteiger partial charge in [0, 0.05) is 26.3 Å². The molecule has 1 aromatic heterocycles. The van der Waals surface area contributed by atoms with Gasteiger partial charge in [0.1, 0.15) is 11.6 Å². The maximum Gasteiger partial charge on any atom is 0.263 e. The first-order valence-corrected chi connectivity index (χ1v) is 10.3. The molecular formula is C23H29N3O5. The Morgan fingerprint density at radius 3 is 2.58 bits per heavy atom. The Hall–Kier alpha value is -3.29. The van der Waals surface area contributed by atoms with Crippen molar-refractivity contribution in [2.75, 3.05) is 27.8 Å². The normalized spacial score (nSPS) is 15.6. The quantitative estimate of drug-likeness (QED) is 0.727. The van der Waals surface area contributed by atoms with E-state index in [2.05, 4.69) is 5.32 Å². The van der Waals surface area contributed by atoms with E-state index in [1.165, 1.54) is 4.90 Å². The fourth-order valence-electron chi connectivity index (χ4n) is 3.98. The molecule has 1 aliphatic heterocycles. The molecule has 2 amide bonds. The molecule has 0 saturated carbocycles. The summed E-state index contributed by atoms with van der Waals surface area (Å²) in [4.78, 5) is 40.0. The van der Waals surface area contributed by atoms with Crippen molar-refractivity contribution in [3.63, 3.8) is 0 Å². The van der Waals surface area contributed by atoms with E-state index in [0.717, 1.165) is 12.0 Å². The summed E-state index contributed by atoms with van der Waals surface area (Å²) in [5.41, 5.74) is 1.38. The highest BCUT2D eigenvalue weighted by Gasteiger charge is 2.35. The maximum atomic E-state index is 13.2. The average Bonchev–Trinajstić information content (AvgIpc) is 3.27. The van der Waals surface area contributed by atoms with Crippen LogP contribution in [-0.2, 0) is 17.8 Å². The van der Waals surface area contributed by atoms with Gasteiger partial charge in [-0.15, -0.1) is 0 Å². The van der Waals surface area contributed by atoms with Crippen molar-refractivity contribution in [3.8, 4) is 11.5 Å². The molecule has 3 rings (SSSR count). The van der Waals surface area contributed by atoms with Crippen LogP contribution < -0.4 is 20.3 Å². The molecule has 1 atom stereocenters. The van der Waals surface area contributed by atoms with Crippen molar-refractivity contribution in [2.24, 2.45) is 0 Å². The maximum absolute atomic E-state index is 13.2. The molecule has 1 aromatic carbocycles. The van der Waals surface area contributed by atoms with Gasteiger partial charge in [-0.3, -0.25) is 14.4 Å². The van der Waals surface area contributed by atoms with Crippen molar-refractivity contribution in [3.05, 3.63) is 57.5 Å². The lowest BCUT2D eigenvalue weighted by atomic mass is 10.1.